The molecule has 0 fully saturated rings. The van der Waals surface area contributed by atoms with Crippen molar-refractivity contribution < 1.29 is 14.0 Å². The summed E-state index contributed by atoms with van der Waals surface area (Å²) >= 11 is 5.96. The summed E-state index contributed by atoms with van der Waals surface area (Å²) in [6.07, 6.45) is 0. The molecule has 0 atom stereocenters. The molecule has 17 heavy (non-hydrogen) atoms. The lowest BCUT2D eigenvalue weighted by Gasteiger charge is -2.02. The zero-order chi connectivity index (χ0) is 12.3. The van der Waals surface area contributed by atoms with Gasteiger partial charge in [-0.25, -0.2) is 0 Å². The van der Waals surface area contributed by atoms with Crippen molar-refractivity contribution in [2.24, 2.45) is 5.73 Å². The first-order chi connectivity index (χ1) is 8.18. The molecule has 0 saturated carbocycles. The molecule has 1 aromatic carbocycles. The van der Waals surface area contributed by atoms with Crippen LogP contribution in [0.4, 0.5) is 0 Å². The number of halogens is 1. The van der Waals surface area contributed by atoms with Crippen molar-refractivity contribution in [2.75, 3.05) is 6.61 Å². The molecule has 0 saturated heterocycles. The summed E-state index contributed by atoms with van der Waals surface area (Å²) in [4.78, 5) is 15.3. The Balaban J connectivity index is 2.07. The van der Waals surface area contributed by atoms with Crippen LogP contribution in [0.15, 0.2) is 28.7 Å². The molecule has 1 heterocycles. The van der Waals surface area contributed by atoms with E-state index < -0.39 is 5.91 Å². The molecule has 2 rings (SSSR count). The maximum absolute atomic E-state index is 10.5. The number of hydrogen-bond donors (Lipinski definition) is 2. The number of hydroxylamine groups is 1. The van der Waals surface area contributed by atoms with Crippen LogP contribution in [0.25, 0.3) is 11.0 Å². The van der Waals surface area contributed by atoms with E-state index in [2.05, 4.69) is 5.48 Å². The summed E-state index contributed by atoms with van der Waals surface area (Å²) in [5, 5.41) is 1.22. The van der Waals surface area contributed by atoms with Crippen LogP contribution in [-0.4, -0.2) is 12.5 Å². The maximum Gasteiger partial charge on any atom is 0.245 e. The largest absolute Gasteiger partial charge is 0.444 e. The van der Waals surface area contributed by atoms with Gasteiger partial charge in [-0.15, -0.1) is 0 Å². The number of carbonyl (C=O) groups excluding carboxylic acids is 1. The molecule has 0 radical (unpaired) electrons. The van der Waals surface area contributed by atoms with Gasteiger partial charge < -0.3 is 10.2 Å². The summed E-state index contributed by atoms with van der Waals surface area (Å²) in [7, 11) is 0. The van der Waals surface area contributed by atoms with Crippen molar-refractivity contribution in [3.8, 4) is 0 Å². The quantitative estimate of drug-likeness (QED) is 0.627. The van der Waals surface area contributed by atoms with Crippen LogP contribution in [0.5, 0.6) is 0 Å². The van der Waals surface area contributed by atoms with Gasteiger partial charge in [0.05, 0.1) is 6.54 Å². The Kier molecular flexibility index (Phi) is 3.63. The smallest absolute Gasteiger partial charge is 0.245 e. The topological polar surface area (TPSA) is 77.5 Å². The number of amides is 1. The molecule has 1 aromatic heterocycles. The van der Waals surface area contributed by atoms with Crippen LogP contribution in [-0.2, 0) is 16.2 Å². The number of carbonyl (C=O) groups is 1. The molecule has 0 aliphatic heterocycles. The molecule has 0 aliphatic rings. The Morgan fingerprint density at radius 3 is 3.00 bits per heavy atom. The van der Waals surface area contributed by atoms with Crippen molar-refractivity contribution in [1.29, 1.82) is 0 Å². The van der Waals surface area contributed by atoms with E-state index in [0.717, 1.165) is 10.9 Å². The second-order valence-electron chi connectivity index (χ2n) is 3.43. The first kappa shape index (κ1) is 11.9. The first-order valence-electron chi connectivity index (χ1n) is 4.97. The van der Waals surface area contributed by atoms with E-state index in [-0.39, 0.29) is 6.61 Å². The van der Waals surface area contributed by atoms with Gasteiger partial charge in [-0.3, -0.25) is 9.63 Å². The predicted molar refractivity (Wildman–Crippen MR) is 63.2 cm³/mol. The van der Waals surface area contributed by atoms with Crippen LogP contribution in [0.2, 0.25) is 5.22 Å². The van der Waals surface area contributed by atoms with E-state index >= 15 is 0 Å². The molecule has 0 aliphatic carbocycles. The number of hydrogen-bond acceptors (Lipinski definition) is 4. The van der Waals surface area contributed by atoms with E-state index in [9.17, 15) is 4.79 Å². The van der Waals surface area contributed by atoms with Gasteiger partial charge in [-0.1, -0.05) is 18.2 Å². The Hall–Kier alpha value is -1.56. The molecule has 0 bridgehead atoms. The first-order valence-corrected chi connectivity index (χ1v) is 5.35. The normalized spacial score (nSPS) is 10.9. The van der Waals surface area contributed by atoms with Crippen molar-refractivity contribution >= 4 is 28.5 Å². The molecule has 6 heteroatoms. The van der Waals surface area contributed by atoms with Crippen LogP contribution in [0.3, 0.4) is 0 Å². The molecule has 90 valence electrons. The third kappa shape index (κ3) is 2.76. The number of nitrogens with two attached hydrogens (primary N) is 1. The average molecular weight is 255 g/mol. The second-order valence-corrected chi connectivity index (χ2v) is 3.77. The van der Waals surface area contributed by atoms with Crippen molar-refractivity contribution in [3.63, 3.8) is 0 Å². The van der Waals surface area contributed by atoms with Crippen molar-refractivity contribution in [2.45, 2.75) is 6.54 Å². The Bertz CT molecular complexity index is 538. The van der Waals surface area contributed by atoms with E-state index in [1.807, 2.05) is 24.3 Å². The highest BCUT2D eigenvalue weighted by Crippen LogP contribution is 2.29. The van der Waals surface area contributed by atoms with Crippen molar-refractivity contribution in [1.82, 2.24) is 5.48 Å². The highest BCUT2D eigenvalue weighted by atomic mass is 35.5. The van der Waals surface area contributed by atoms with Crippen LogP contribution >= 0.6 is 11.6 Å². The standard InChI is InChI=1S/C11H11ClN2O3/c12-11-8(5-14-16-6-10(13)15)7-3-1-2-4-9(7)17-11/h1-4,14H,5-6H2,(H2,13,15). The lowest BCUT2D eigenvalue weighted by molar-refractivity contribution is -0.125. The summed E-state index contributed by atoms with van der Waals surface area (Å²) < 4.78 is 5.36. The van der Waals surface area contributed by atoms with Crippen LogP contribution in [0, 0.1) is 0 Å². The van der Waals surface area contributed by atoms with E-state index in [0.29, 0.717) is 17.3 Å². The van der Waals surface area contributed by atoms with Gasteiger partial charge in [0.25, 0.3) is 0 Å². The summed E-state index contributed by atoms with van der Waals surface area (Å²) in [6, 6.07) is 7.48. The lowest BCUT2D eigenvalue weighted by atomic mass is 10.2. The van der Waals surface area contributed by atoms with Gasteiger partial charge in [0.1, 0.15) is 12.2 Å². The lowest BCUT2D eigenvalue weighted by Crippen LogP contribution is -2.24. The SMILES string of the molecule is NC(=O)CONCc1c(Cl)oc2ccccc12. The van der Waals surface area contributed by atoms with E-state index in [1.165, 1.54) is 0 Å². The van der Waals surface area contributed by atoms with Gasteiger partial charge in [-0.2, -0.15) is 5.48 Å². The van der Waals surface area contributed by atoms with Gasteiger partial charge in [0, 0.05) is 10.9 Å². The third-order valence-corrected chi connectivity index (χ3v) is 2.52. The fourth-order valence-electron chi connectivity index (χ4n) is 1.48. The zero-order valence-corrected chi connectivity index (χ0v) is 9.66. The number of furan rings is 1. The fraction of sp³-hybridized carbons (Fsp3) is 0.182. The van der Waals surface area contributed by atoms with Gasteiger partial charge in [-0.05, 0) is 17.7 Å². The fourth-order valence-corrected chi connectivity index (χ4v) is 1.73. The van der Waals surface area contributed by atoms with Crippen molar-refractivity contribution in [3.05, 3.63) is 35.0 Å². The van der Waals surface area contributed by atoms with Crippen LogP contribution in [0.1, 0.15) is 5.56 Å². The molecular formula is C11H11ClN2O3. The second kappa shape index (κ2) is 5.18. The molecule has 1 amide bonds. The van der Waals surface area contributed by atoms with Gasteiger partial charge in [0.2, 0.25) is 5.91 Å². The maximum atomic E-state index is 10.5. The average Bonchev–Trinajstić information content (AvgIpc) is 2.60. The van der Waals surface area contributed by atoms with E-state index in [1.54, 1.807) is 0 Å². The minimum absolute atomic E-state index is 0.187. The van der Waals surface area contributed by atoms with E-state index in [4.69, 9.17) is 26.6 Å². The molecule has 2 aromatic rings. The van der Waals surface area contributed by atoms with Gasteiger partial charge in [0.15, 0.2) is 5.22 Å². The minimum Gasteiger partial charge on any atom is -0.444 e. The summed E-state index contributed by atoms with van der Waals surface area (Å²) in [6.45, 7) is 0.149. The number of fused-ring (bicyclic) bond motifs is 1. The van der Waals surface area contributed by atoms with Crippen LogP contribution < -0.4 is 11.2 Å². The molecule has 3 N–H and O–H groups in total. The number of para-hydroxylation sites is 1. The number of benzene rings is 1. The molecule has 5 nitrogen and oxygen atoms in total. The van der Waals surface area contributed by atoms with Gasteiger partial charge >= 0.3 is 0 Å². The Labute approximate surface area is 102 Å². The minimum atomic E-state index is -0.541. The zero-order valence-electron chi connectivity index (χ0n) is 8.90. The number of rotatable bonds is 5. The number of nitrogens with one attached hydrogen (secondary N) is 1. The number of primary amides is 1. The summed E-state index contributed by atoms with van der Waals surface area (Å²) in [5.74, 6) is -0.541. The Morgan fingerprint density at radius 1 is 1.47 bits per heavy atom. The molecule has 0 spiro atoms. The highest BCUT2D eigenvalue weighted by Gasteiger charge is 2.11. The predicted octanol–water partition coefficient (Wildman–Crippen LogP) is 1.59. The molecular weight excluding hydrogens is 244 g/mol. The monoisotopic (exact) mass is 254 g/mol. The highest BCUT2D eigenvalue weighted by molar-refractivity contribution is 6.30. The Morgan fingerprint density at radius 2 is 2.24 bits per heavy atom. The molecule has 0 unspecified atom stereocenters. The summed E-state index contributed by atoms with van der Waals surface area (Å²) in [5.41, 5.74) is 9.03. The third-order valence-electron chi connectivity index (χ3n) is 2.21.